The van der Waals surface area contributed by atoms with Crippen molar-refractivity contribution in [3.8, 4) is 11.5 Å². The van der Waals surface area contributed by atoms with Crippen LogP contribution in [0, 0.1) is 6.92 Å². The molecule has 1 amide bonds. The van der Waals surface area contributed by atoms with Crippen molar-refractivity contribution in [3.05, 3.63) is 29.8 Å². The normalized spacial score (nSPS) is 13.0. The SMILES string of the molecule is Cc1ccc(-c2nnc(SC(C)C(=O)NC(C)(C)C)o2)cc1. The lowest BCUT2D eigenvalue weighted by Gasteiger charge is -2.22. The summed E-state index contributed by atoms with van der Waals surface area (Å²) < 4.78 is 5.62. The first-order valence-electron chi connectivity index (χ1n) is 7.14. The number of hydrogen-bond donors (Lipinski definition) is 1. The number of benzene rings is 1. The van der Waals surface area contributed by atoms with Crippen LogP contribution in [0.3, 0.4) is 0 Å². The number of hydrogen-bond acceptors (Lipinski definition) is 5. The Bertz CT molecular complexity index is 644. The van der Waals surface area contributed by atoms with Crippen molar-refractivity contribution >= 4 is 17.7 Å². The lowest BCUT2D eigenvalue weighted by Crippen LogP contribution is -2.44. The van der Waals surface area contributed by atoms with Crippen molar-refractivity contribution in [2.24, 2.45) is 0 Å². The predicted octanol–water partition coefficient (Wildman–Crippen LogP) is 3.44. The molecular weight excluding hydrogens is 298 g/mol. The summed E-state index contributed by atoms with van der Waals surface area (Å²) in [5.41, 5.74) is 1.79. The van der Waals surface area contributed by atoms with Crippen LogP contribution < -0.4 is 5.32 Å². The zero-order chi connectivity index (χ0) is 16.3. The number of carbonyl (C=O) groups excluding carboxylic acids is 1. The highest BCUT2D eigenvalue weighted by molar-refractivity contribution is 8.00. The van der Waals surface area contributed by atoms with Crippen molar-refractivity contribution in [1.82, 2.24) is 15.5 Å². The molecule has 0 spiro atoms. The molecule has 0 saturated heterocycles. The summed E-state index contributed by atoms with van der Waals surface area (Å²) >= 11 is 1.26. The van der Waals surface area contributed by atoms with E-state index in [0.717, 1.165) is 5.56 Å². The second kappa shape index (κ2) is 6.52. The summed E-state index contributed by atoms with van der Waals surface area (Å²) in [5, 5.41) is 11.1. The zero-order valence-electron chi connectivity index (χ0n) is 13.5. The molecule has 0 fully saturated rings. The van der Waals surface area contributed by atoms with Crippen LogP contribution in [0.5, 0.6) is 0 Å². The first-order chi connectivity index (χ1) is 10.2. The summed E-state index contributed by atoms with van der Waals surface area (Å²) in [6, 6.07) is 7.86. The number of thioether (sulfide) groups is 1. The maximum absolute atomic E-state index is 12.1. The van der Waals surface area contributed by atoms with E-state index in [4.69, 9.17) is 4.42 Å². The zero-order valence-corrected chi connectivity index (χ0v) is 14.3. The van der Waals surface area contributed by atoms with Crippen molar-refractivity contribution in [3.63, 3.8) is 0 Å². The van der Waals surface area contributed by atoms with Crippen LogP contribution in [-0.2, 0) is 4.79 Å². The van der Waals surface area contributed by atoms with E-state index in [-0.39, 0.29) is 16.7 Å². The Kier molecular flexibility index (Phi) is 4.90. The smallest absolute Gasteiger partial charge is 0.277 e. The molecule has 1 aromatic carbocycles. The third kappa shape index (κ3) is 4.59. The van der Waals surface area contributed by atoms with E-state index in [1.54, 1.807) is 0 Å². The van der Waals surface area contributed by atoms with Crippen molar-refractivity contribution in [1.29, 1.82) is 0 Å². The second-order valence-corrected chi connectivity index (χ2v) is 7.53. The number of aromatic nitrogens is 2. The Morgan fingerprint density at radius 2 is 1.86 bits per heavy atom. The Balaban J connectivity index is 2.03. The molecule has 1 aromatic heterocycles. The number of nitrogens with one attached hydrogen (secondary N) is 1. The monoisotopic (exact) mass is 319 g/mol. The van der Waals surface area contributed by atoms with Crippen LogP contribution in [0.4, 0.5) is 0 Å². The average molecular weight is 319 g/mol. The summed E-state index contributed by atoms with van der Waals surface area (Å²) in [6.07, 6.45) is 0. The Hall–Kier alpha value is -1.82. The standard InChI is InChI=1S/C16H21N3O2S/c1-10-6-8-12(9-7-10)14-18-19-15(21-14)22-11(2)13(20)17-16(3,4)5/h6-9,11H,1-5H3,(H,17,20). The van der Waals surface area contributed by atoms with E-state index in [1.165, 1.54) is 17.3 Å². The topological polar surface area (TPSA) is 68.0 Å². The number of carbonyl (C=O) groups is 1. The van der Waals surface area contributed by atoms with Crippen LogP contribution in [0.2, 0.25) is 0 Å². The van der Waals surface area contributed by atoms with Crippen molar-refractivity contribution in [2.45, 2.75) is 50.6 Å². The Labute approximate surface area is 134 Å². The largest absolute Gasteiger partial charge is 0.411 e. The van der Waals surface area contributed by atoms with E-state index < -0.39 is 0 Å². The molecule has 0 aliphatic rings. The summed E-state index contributed by atoms with van der Waals surface area (Å²) in [7, 11) is 0. The van der Waals surface area contributed by atoms with Gasteiger partial charge in [0.1, 0.15) is 0 Å². The quantitative estimate of drug-likeness (QED) is 0.874. The molecule has 2 aromatic rings. The van der Waals surface area contributed by atoms with E-state index >= 15 is 0 Å². The van der Waals surface area contributed by atoms with Gasteiger partial charge in [0, 0.05) is 11.1 Å². The first-order valence-corrected chi connectivity index (χ1v) is 8.02. The van der Waals surface area contributed by atoms with E-state index in [2.05, 4.69) is 15.5 Å². The number of rotatable bonds is 4. The van der Waals surface area contributed by atoms with Crippen LogP contribution in [0.1, 0.15) is 33.3 Å². The van der Waals surface area contributed by atoms with Crippen LogP contribution in [0.15, 0.2) is 33.9 Å². The highest BCUT2D eigenvalue weighted by atomic mass is 32.2. The lowest BCUT2D eigenvalue weighted by molar-refractivity contribution is -0.121. The number of aryl methyl sites for hydroxylation is 1. The molecule has 1 N–H and O–H groups in total. The molecule has 0 saturated carbocycles. The Morgan fingerprint density at radius 1 is 1.23 bits per heavy atom. The molecule has 0 aliphatic carbocycles. The van der Waals surface area contributed by atoms with Gasteiger partial charge >= 0.3 is 0 Å². The molecule has 22 heavy (non-hydrogen) atoms. The fourth-order valence-corrected chi connectivity index (χ4v) is 2.43. The van der Waals surface area contributed by atoms with Gasteiger partial charge in [0.05, 0.1) is 5.25 Å². The second-order valence-electron chi connectivity index (χ2n) is 6.24. The van der Waals surface area contributed by atoms with Gasteiger partial charge in [0.25, 0.3) is 5.22 Å². The van der Waals surface area contributed by atoms with Gasteiger partial charge in [-0.05, 0) is 46.8 Å². The molecule has 1 unspecified atom stereocenters. The number of amides is 1. The molecule has 1 heterocycles. The number of nitrogens with zero attached hydrogens (tertiary/aromatic N) is 2. The molecule has 118 valence electrons. The van der Waals surface area contributed by atoms with E-state index in [0.29, 0.717) is 11.1 Å². The van der Waals surface area contributed by atoms with Gasteiger partial charge in [0.15, 0.2) is 0 Å². The van der Waals surface area contributed by atoms with Crippen LogP contribution in [0.25, 0.3) is 11.5 Å². The molecule has 6 heteroatoms. The first kappa shape index (κ1) is 16.5. The van der Waals surface area contributed by atoms with Gasteiger partial charge in [-0.2, -0.15) is 0 Å². The third-order valence-electron chi connectivity index (χ3n) is 2.85. The Morgan fingerprint density at radius 3 is 2.45 bits per heavy atom. The summed E-state index contributed by atoms with van der Waals surface area (Å²) in [4.78, 5) is 12.1. The molecule has 5 nitrogen and oxygen atoms in total. The van der Waals surface area contributed by atoms with Gasteiger partial charge in [-0.1, -0.05) is 29.5 Å². The minimum atomic E-state index is -0.300. The van der Waals surface area contributed by atoms with Crippen molar-refractivity contribution in [2.75, 3.05) is 0 Å². The molecular formula is C16H21N3O2S. The minimum Gasteiger partial charge on any atom is -0.411 e. The minimum absolute atomic E-state index is 0.0485. The fraction of sp³-hybridized carbons (Fsp3) is 0.438. The van der Waals surface area contributed by atoms with Crippen molar-refractivity contribution < 1.29 is 9.21 Å². The van der Waals surface area contributed by atoms with Crippen LogP contribution >= 0.6 is 11.8 Å². The molecule has 1 atom stereocenters. The van der Waals surface area contributed by atoms with Gasteiger partial charge in [-0.25, -0.2) is 0 Å². The lowest BCUT2D eigenvalue weighted by atomic mass is 10.1. The van der Waals surface area contributed by atoms with Gasteiger partial charge in [-0.3, -0.25) is 4.79 Å². The maximum Gasteiger partial charge on any atom is 0.277 e. The molecule has 0 radical (unpaired) electrons. The predicted molar refractivity (Wildman–Crippen MR) is 87.7 cm³/mol. The van der Waals surface area contributed by atoms with Gasteiger partial charge in [0.2, 0.25) is 11.8 Å². The average Bonchev–Trinajstić information content (AvgIpc) is 2.86. The molecule has 0 aliphatic heterocycles. The van der Waals surface area contributed by atoms with E-state index in [9.17, 15) is 4.79 Å². The summed E-state index contributed by atoms with van der Waals surface area (Å²) in [5.74, 6) is 0.415. The molecule has 0 bridgehead atoms. The van der Waals surface area contributed by atoms with E-state index in [1.807, 2.05) is 58.9 Å². The van der Waals surface area contributed by atoms with Gasteiger partial charge < -0.3 is 9.73 Å². The summed E-state index contributed by atoms with van der Waals surface area (Å²) in [6.45, 7) is 9.69. The highest BCUT2D eigenvalue weighted by Crippen LogP contribution is 2.26. The van der Waals surface area contributed by atoms with Gasteiger partial charge in [-0.15, -0.1) is 10.2 Å². The van der Waals surface area contributed by atoms with Crippen LogP contribution in [-0.4, -0.2) is 26.9 Å². The fourth-order valence-electron chi connectivity index (χ4n) is 1.75. The maximum atomic E-state index is 12.1. The third-order valence-corrected chi connectivity index (χ3v) is 3.78. The highest BCUT2D eigenvalue weighted by Gasteiger charge is 2.22. The molecule has 2 rings (SSSR count).